The molecule has 0 aromatic heterocycles. The second-order valence-corrected chi connectivity index (χ2v) is 6.56. The van der Waals surface area contributed by atoms with Gasteiger partial charge in [0.2, 0.25) is 0 Å². The van der Waals surface area contributed by atoms with Crippen LogP contribution >= 0.6 is 0 Å². The maximum absolute atomic E-state index is 12.3. The maximum atomic E-state index is 12.3. The summed E-state index contributed by atoms with van der Waals surface area (Å²) in [6.45, 7) is 2.64. The molecule has 0 saturated heterocycles. The molecule has 0 radical (unpaired) electrons. The molecule has 0 aliphatic carbocycles. The van der Waals surface area contributed by atoms with Gasteiger partial charge in [0, 0.05) is 0 Å². The van der Waals surface area contributed by atoms with Crippen LogP contribution in [0.4, 0.5) is 0 Å². The lowest BCUT2D eigenvalue weighted by Crippen LogP contribution is -2.56. The van der Waals surface area contributed by atoms with Gasteiger partial charge in [-0.1, -0.05) is 36.4 Å². The Bertz CT molecular complexity index is 1130. The molecule has 0 unspecified atom stereocenters. The summed E-state index contributed by atoms with van der Waals surface area (Å²) < 4.78 is 5.75. The molecule has 0 amide bonds. The predicted molar refractivity (Wildman–Crippen MR) is 124 cm³/mol. The van der Waals surface area contributed by atoms with E-state index >= 15 is 0 Å². The summed E-state index contributed by atoms with van der Waals surface area (Å²) in [5, 5.41) is 51.6. The molecule has 8 heteroatoms. The Morgan fingerprint density at radius 2 is 1.53 bits per heavy atom. The number of benzene rings is 3. The molecule has 166 valence electrons. The molecule has 0 heterocycles. The van der Waals surface area contributed by atoms with E-state index in [1.807, 2.05) is 12.2 Å². The number of para-hydroxylation sites is 1. The van der Waals surface area contributed by atoms with Crippen LogP contribution in [-0.4, -0.2) is 40.1 Å². The molecule has 0 atom stereocenters. The van der Waals surface area contributed by atoms with E-state index in [1.54, 1.807) is 48.5 Å². The van der Waals surface area contributed by atoms with Crippen LogP contribution in [0.3, 0.4) is 0 Å². The number of methoxy groups -OCH3 is 1. The van der Waals surface area contributed by atoms with Gasteiger partial charge in [0.1, 0.15) is 18.2 Å². The Morgan fingerprint density at radius 1 is 0.938 bits per heavy atom. The van der Waals surface area contributed by atoms with Gasteiger partial charge in [0.05, 0.1) is 18.2 Å². The van der Waals surface area contributed by atoms with Crippen molar-refractivity contribution < 1.29 is 30.0 Å². The Kier molecular flexibility index (Phi) is 8.67. The highest BCUT2D eigenvalue weighted by molar-refractivity contribution is 5.82. The standard InChI is InChI=1S/C23H21NO5.CH3NO/c1-29-23-13-17(9-11-22(23)27)7-6-16-8-10-21(26)19(12-16)15-24(28)14-18-4-2-3-5-20(18)25;1-2-3/h2-13,15,25-27H,14H2,1H3;2H,1H2/b7-6+,24-15+;. The van der Waals surface area contributed by atoms with Crippen LogP contribution in [0, 0.1) is 10.4 Å². The van der Waals surface area contributed by atoms with E-state index in [4.69, 9.17) is 9.94 Å². The third-order valence-corrected chi connectivity index (χ3v) is 4.32. The van der Waals surface area contributed by atoms with Crippen LogP contribution in [0.1, 0.15) is 22.3 Å². The molecular weight excluding hydrogens is 412 g/mol. The normalized spacial score (nSPS) is 11.0. The van der Waals surface area contributed by atoms with Gasteiger partial charge in [0.25, 0.3) is 0 Å². The number of phenolic OH excluding ortho intramolecular Hbond substituents is 3. The van der Waals surface area contributed by atoms with Crippen LogP contribution in [0.15, 0.2) is 60.7 Å². The monoisotopic (exact) mass is 436 g/mol. The Morgan fingerprint density at radius 3 is 2.16 bits per heavy atom. The molecule has 3 aromatic carbocycles. The van der Waals surface area contributed by atoms with E-state index in [1.165, 1.54) is 30.6 Å². The van der Waals surface area contributed by atoms with Gasteiger partial charge >= 0.3 is 0 Å². The van der Waals surface area contributed by atoms with Crippen molar-refractivity contribution in [2.75, 3.05) is 7.11 Å². The van der Waals surface area contributed by atoms with E-state index in [-0.39, 0.29) is 23.8 Å². The first kappa shape index (κ1) is 23.8. The first-order valence-electron chi connectivity index (χ1n) is 9.45. The zero-order chi connectivity index (χ0) is 23.5. The molecule has 8 nitrogen and oxygen atoms in total. The Labute approximate surface area is 185 Å². The first-order valence-corrected chi connectivity index (χ1v) is 9.45. The van der Waals surface area contributed by atoms with Gasteiger partial charge in [-0.15, -0.1) is 0 Å². The van der Waals surface area contributed by atoms with Gasteiger partial charge in [-0.05, 0) is 47.5 Å². The first-order chi connectivity index (χ1) is 15.4. The second-order valence-electron chi connectivity index (χ2n) is 6.56. The van der Waals surface area contributed by atoms with Crippen molar-refractivity contribution in [2.45, 2.75) is 6.54 Å². The third-order valence-electron chi connectivity index (χ3n) is 4.32. The number of rotatable bonds is 6. The fourth-order valence-corrected chi connectivity index (χ4v) is 2.78. The van der Waals surface area contributed by atoms with Gasteiger partial charge in [-0.2, -0.15) is 0 Å². The maximum Gasteiger partial charge on any atom is 0.185 e. The highest BCUT2D eigenvalue weighted by Gasteiger charge is 2.07. The lowest BCUT2D eigenvalue weighted by atomic mass is 10.1. The Hall–Kier alpha value is -4.46. The fourth-order valence-electron chi connectivity index (χ4n) is 2.78. The van der Waals surface area contributed by atoms with Gasteiger partial charge in [-0.3, -0.25) is 0 Å². The number of aromatic hydroxyl groups is 3. The lowest BCUT2D eigenvalue weighted by molar-refractivity contribution is -0.469. The SMILES string of the molecule is C=[NH+][O-].COc1cc(/C=C/c2ccc(O)c(/C=[N+](/[O-])Cc3ccccc3O)c2)ccc1O. The molecule has 3 aromatic rings. The van der Waals surface area contributed by atoms with Crippen LogP contribution in [0.25, 0.3) is 12.2 Å². The minimum absolute atomic E-state index is 0.0217. The number of nitrogens with one attached hydrogen (secondary N) is 1. The molecule has 0 aliphatic rings. The second kappa shape index (κ2) is 11.7. The van der Waals surface area contributed by atoms with E-state index in [0.29, 0.717) is 21.6 Å². The number of hydrogen-bond donors (Lipinski definition) is 4. The fraction of sp³-hybridized carbons (Fsp3) is 0.0833. The zero-order valence-corrected chi connectivity index (χ0v) is 17.4. The Balaban J connectivity index is 0.00000114. The molecule has 32 heavy (non-hydrogen) atoms. The highest BCUT2D eigenvalue weighted by atomic mass is 16.5. The predicted octanol–water partition coefficient (Wildman–Crippen LogP) is 2.38. The lowest BCUT2D eigenvalue weighted by Gasteiger charge is -2.07. The summed E-state index contributed by atoms with van der Waals surface area (Å²) in [5.41, 5.74) is 2.46. The van der Waals surface area contributed by atoms with Crippen LogP contribution < -0.4 is 9.89 Å². The molecule has 3 rings (SSSR count). The van der Waals surface area contributed by atoms with Crippen LogP contribution in [-0.2, 0) is 6.54 Å². The summed E-state index contributed by atoms with van der Waals surface area (Å²) in [4.78, 5) is 0. The van der Waals surface area contributed by atoms with Crippen molar-refractivity contribution >= 4 is 25.1 Å². The van der Waals surface area contributed by atoms with Crippen molar-refractivity contribution in [3.63, 3.8) is 0 Å². The molecule has 4 N–H and O–H groups in total. The number of phenols is 3. The average molecular weight is 436 g/mol. The summed E-state index contributed by atoms with van der Waals surface area (Å²) in [6.07, 6.45) is 4.93. The minimum atomic E-state index is -0.0422. The molecule has 0 spiro atoms. The van der Waals surface area contributed by atoms with E-state index in [9.17, 15) is 20.5 Å². The largest absolute Gasteiger partial charge is 0.626 e. The number of nitrogens with zero attached hydrogens (tertiary/aromatic N) is 1. The van der Waals surface area contributed by atoms with Gasteiger partial charge in [0.15, 0.2) is 24.3 Å². The summed E-state index contributed by atoms with van der Waals surface area (Å²) in [6, 6.07) is 16.5. The van der Waals surface area contributed by atoms with E-state index in [0.717, 1.165) is 11.1 Å². The van der Waals surface area contributed by atoms with Crippen molar-refractivity contribution in [1.29, 1.82) is 0 Å². The average Bonchev–Trinajstić information content (AvgIpc) is 2.77. The molecule has 0 saturated carbocycles. The van der Waals surface area contributed by atoms with Crippen LogP contribution in [0.5, 0.6) is 23.0 Å². The van der Waals surface area contributed by atoms with Crippen molar-refractivity contribution in [3.05, 3.63) is 93.3 Å². The van der Waals surface area contributed by atoms with E-state index in [2.05, 4.69) is 6.72 Å². The third kappa shape index (κ3) is 6.81. The molecule has 0 aliphatic heterocycles. The smallest absolute Gasteiger partial charge is 0.185 e. The molecule has 0 bridgehead atoms. The van der Waals surface area contributed by atoms with Gasteiger partial charge < -0.3 is 30.5 Å². The van der Waals surface area contributed by atoms with Crippen molar-refractivity contribution in [3.8, 4) is 23.0 Å². The number of ether oxygens (including phenoxy) is 1. The number of hydrogen-bond acceptors (Lipinski definition) is 6. The topological polar surface area (TPSA) is 133 Å². The zero-order valence-electron chi connectivity index (χ0n) is 17.4. The van der Waals surface area contributed by atoms with Crippen molar-refractivity contribution in [2.24, 2.45) is 0 Å². The minimum Gasteiger partial charge on any atom is -0.626 e. The van der Waals surface area contributed by atoms with Crippen molar-refractivity contribution in [1.82, 2.24) is 0 Å². The van der Waals surface area contributed by atoms with Gasteiger partial charge in [-0.25, -0.2) is 9.89 Å². The van der Waals surface area contributed by atoms with E-state index < -0.39 is 0 Å². The highest BCUT2D eigenvalue weighted by Crippen LogP contribution is 2.27. The molecule has 0 fully saturated rings. The summed E-state index contributed by atoms with van der Waals surface area (Å²) in [7, 11) is 1.48. The quantitative estimate of drug-likeness (QED) is 0.154. The number of hydroxylamine groups is 1. The van der Waals surface area contributed by atoms with Crippen LogP contribution in [0.2, 0.25) is 0 Å². The molecular formula is C24H24N2O6. The summed E-state index contributed by atoms with van der Waals surface area (Å²) in [5.74, 6) is 0.461. The summed E-state index contributed by atoms with van der Waals surface area (Å²) >= 11 is 0.